The lowest BCUT2D eigenvalue weighted by Crippen LogP contribution is -2.38. The third-order valence-corrected chi connectivity index (χ3v) is 3.84. The van der Waals surface area contributed by atoms with Crippen LogP contribution in [0.25, 0.3) is 0 Å². The van der Waals surface area contributed by atoms with E-state index in [0.717, 1.165) is 35.5 Å². The van der Waals surface area contributed by atoms with E-state index in [1.165, 1.54) is 12.1 Å². The molecule has 1 aliphatic rings. The molecule has 0 saturated carbocycles. The highest BCUT2D eigenvalue weighted by Gasteiger charge is 2.22. The van der Waals surface area contributed by atoms with E-state index < -0.39 is 0 Å². The number of nitrogens with two attached hydrogens (primary N) is 1. The van der Waals surface area contributed by atoms with Crippen LogP contribution in [0.15, 0.2) is 18.2 Å². The van der Waals surface area contributed by atoms with E-state index in [1.54, 1.807) is 0 Å². The summed E-state index contributed by atoms with van der Waals surface area (Å²) in [6, 6.07) is 6.23. The number of halogens is 1. The van der Waals surface area contributed by atoms with Crippen LogP contribution in [0.5, 0.6) is 0 Å². The molecule has 0 bridgehead atoms. The van der Waals surface area contributed by atoms with Gasteiger partial charge >= 0.3 is 0 Å². The van der Waals surface area contributed by atoms with Crippen molar-refractivity contribution in [3.63, 3.8) is 0 Å². The molecule has 0 aromatic heterocycles. The molecule has 2 rings (SSSR count). The zero-order valence-electron chi connectivity index (χ0n) is 10.6. The Morgan fingerprint density at radius 2 is 1.94 bits per heavy atom. The molecule has 2 nitrogen and oxygen atoms in total. The lowest BCUT2D eigenvalue weighted by atomic mass is 9.91. The van der Waals surface area contributed by atoms with Crippen molar-refractivity contribution in [2.45, 2.75) is 26.8 Å². The molecule has 0 spiro atoms. The summed E-state index contributed by atoms with van der Waals surface area (Å²) in [5.41, 5.74) is 7.87. The number of benzene rings is 1. The Morgan fingerprint density at radius 3 is 2.47 bits per heavy atom. The second-order valence-corrected chi connectivity index (χ2v) is 5.74. The standard InChI is InChI=1S/C14H21ClN2/c1-10-5-11(2)9-17(8-10)13-4-3-12(7-16)14(15)6-13/h3-4,6,10-11H,5,7-9,16H2,1-2H3. The van der Waals surface area contributed by atoms with Crippen molar-refractivity contribution in [2.24, 2.45) is 17.6 Å². The molecule has 1 aromatic carbocycles. The second kappa shape index (κ2) is 5.28. The molecular formula is C14H21ClN2. The van der Waals surface area contributed by atoms with Crippen LogP contribution in [0.2, 0.25) is 5.02 Å². The zero-order valence-corrected chi connectivity index (χ0v) is 11.4. The fraction of sp³-hybridized carbons (Fsp3) is 0.571. The molecule has 1 saturated heterocycles. The van der Waals surface area contributed by atoms with Crippen LogP contribution < -0.4 is 10.6 Å². The largest absolute Gasteiger partial charge is 0.371 e. The maximum atomic E-state index is 6.21. The summed E-state index contributed by atoms with van der Waals surface area (Å²) >= 11 is 6.21. The van der Waals surface area contributed by atoms with Crippen LogP contribution in [-0.4, -0.2) is 13.1 Å². The first-order valence-corrected chi connectivity index (χ1v) is 6.71. The average molecular weight is 253 g/mol. The Hall–Kier alpha value is -0.730. The van der Waals surface area contributed by atoms with Gasteiger partial charge < -0.3 is 10.6 Å². The number of rotatable bonds is 2. The quantitative estimate of drug-likeness (QED) is 0.875. The van der Waals surface area contributed by atoms with Gasteiger partial charge in [-0.2, -0.15) is 0 Å². The first kappa shape index (κ1) is 12.7. The average Bonchev–Trinajstić information content (AvgIpc) is 2.27. The van der Waals surface area contributed by atoms with Crippen molar-refractivity contribution >= 4 is 17.3 Å². The Kier molecular flexibility index (Phi) is 3.95. The van der Waals surface area contributed by atoms with Crippen molar-refractivity contribution < 1.29 is 0 Å². The van der Waals surface area contributed by atoms with E-state index in [9.17, 15) is 0 Å². The molecule has 1 fully saturated rings. The Labute approximate surface area is 109 Å². The van der Waals surface area contributed by atoms with Crippen molar-refractivity contribution in [3.05, 3.63) is 28.8 Å². The predicted molar refractivity (Wildman–Crippen MR) is 74.5 cm³/mol. The summed E-state index contributed by atoms with van der Waals surface area (Å²) in [6.07, 6.45) is 1.32. The Morgan fingerprint density at radius 1 is 1.29 bits per heavy atom. The number of piperidine rings is 1. The summed E-state index contributed by atoms with van der Waals surface area (Å²) < 4.78 is 0. The van der Waals surface area contributed by atoms with Crippen molar-refractivity contribution in [1.82, 2.24) is 0 Å². The maximum Gasteiger partial charge on any atom is 0.0471 e. The Bertz CT molecular complexity index is 382. The zero-order chi connectivity index (χ0) is 12.4. The highest BCUT2D eigenvalue weighted by Crippen LogP contribution is 2.29. The van der Waals surface area contributed by atoms with E-state index in [1.807, 2.05) is 6.07 Å². The summed E-state index contributed by atoms with van der Waals surface area (Å²) in [5.74, 6) is 1.51. The van der Waals surface area contributed by atoms with Gasteiger partial charge in [0.2, 0.25) is 0 Å². The minimum atomic E-state index is 0.506. The van der Waals surface area contributed by atoms with Gasteiger partial charge in [-0.25, -0.2) is 0 Å². The molecule has 2 atom stereocenters. The van der Waals surface area contributed by atoms with Crippen molar-refractivity contribution in [2.75, 3.05) is 18.0 Å². The normalized spacial score (nSPS) is 25.1. The van der Waals surface area contributed by atoms with E-state index in [4.69, 9.17) is 17.3 Å². The highest BCUT2D eigenvalue weighted by molar-refractivity contribution is 6.31. The molecule has 2 N–H and O–H groups in total. The molecule has 0 amide bonds. The van der Waals surface area contributed by atoms with Gasteiger partial charge in [0.05, 0.1) is 0 Å². The fourth-order valence-corrected chi connectivity index (χ4v) is 3.02. The Balaban J connectivity index is 2.19. The second-order valence-electron chi connectivity index (χ2n) is 5.33. The molecule has 2 unspecified atom stereocenters. The molecule has 1 heterocycles. The predicted octanol–water partition coefficient (Wildman–Crippen LogP) is 3.28. The van der Waals surface area contributed by atoms with Gasteiger partial charge in [-0.05, 0) is 36.0 Å². The topological polar surface area (TPSA) is 29.3 Å². The van der Waals surface area contributed by atoms with Crippen LogP contribution in [0.3, 0.4) is 0 Å². The molecule has 0 radical (unpaired) electrons. The molecule has 3 heteroatoms. The van der Waals surface area contributed by atoms with Crippen LogP contribution in [0.1, 0.15) is 25.8 Å². The first-order valence-electron chi connectivity index (χ1n) is 6.33. The van der Waals surface area contributed by atoms with Crippen LogP contribution in [0, 0.1) is 11.8 Å². The van der Waals surface area contributed by atoms with Gasteiger partial charge in [0, 0.05) is 30.3 Å². The molecule has 94 valence electrons. The van der Waals surface area contributed by atoms with Crippen molar-refractivity contribution in [3.8, 4) is 0 Å². The van der Waals surface area contributed by atoms with Crippen LogP contribution in [-0.2, 0) is 6.54 Å². The maximum absolute atomic E-state index is 6.21. The minimum Gasteiger partial charge on any atom is -0.371 e. The number of hydrogen-bond acceptors (Lipinski definition) is 2. The highest BCUT2D eigenvalue weighted by atomic mass is 35.5. The van der Waals surface area contributed by atoms with Crippen LogP contribution >= 0.6 is 11.6 Å². The number of hydrogen-bond donors (Lipinski definition) is 1. The van der Waals surface area contributed by atoms with Gasteiger partial charge in [-0.1, -0.05) is 31.5 Å². The minimum absolute atomic E-state index is 0.506. The summed E-state index contributed by atoms with van der Waals surface area (Å²) in [7, 11) is 0. The third kappa shape index (κ3) is 2.93. The van der Waals surface area contributed by atoms with E-state index >= 15 is 0 Å². The third-order valence-electron chi connectivity index (χ3n) is 3.49. The van der Waals surface area contributed by atoms with Gasteiger partial charge in [-0.15, -0.1) is 0 Å². The van der Waals surface area contributed by atoms with Gasteiger partial charge in [0.1, 0.15) is 0 Å². The number of anilines is 1. The van der Waals surface area contributed by atoms with E-state index in [2.05, 4.69) is 30.9 Å². The van der Waals surface area contributed by atoms with Gasteiger partial charge in [-0.3, -0.25) is 0 Å². The monoisotopic (exact) mass is 252 g/mol. The lowest BCUT2D eigenvalue weighted by Gasteiger charge is -2.36. The first-order chi connectivity index (χ1) is 8.10. The van der Waals surface area contributed by atoms with Crippen molar-refractivity contribution in [1.29, 1.82) is 0 Å². The molecule has 17 heavy (non-hydrogen) atoms. The van der Waals surface area contributed by atoms with Gasteiger partial charge in [0.15, 0.2) is 0 Å². The summed E-state index contributed by atoms with van der Waals surface area (Å²) in [5, 5.41) is 0.788. The summed E-state index contributed by atoms with van der Waals surface area (Å²) in [4.78, 5) is 2.44. The summed E-state index contributed by atoms with van der Waals surface area (Å²) in [6.45, 7) is 7.40. The van der Waals surface area contributed by atoms with Crippen LogP contribution in [0.4, 0.5) is 5.69 Å². The molecule has 1 aromatic rings. The molecular weight excluding hydrogens is 232 g/mol. The van der Waals surface area contributed by atoms with E-state index in [-0.39, 0.29) is 0 Å². The molecule has 1 aliphatic heterocycles. The van der Waals surface area contributed by atoms with Gasteiger partial charge in [0.25, 0.3) is 0 Å². The van der Waals surface area contributed by atoms with E-state index in [0.29, 0.717) is 6.54 Å². The number of nitrogens with zero attached hydrogens (tertiary/aromatic N) is 1. The SMILES string of the molecule is CC1CC(C)CN(c2ccc(CN)c(Cl)c2)C1. The molecule has 0 aliphatic carbocycles. The smallest absolute Gasteiger partial charge is 0.0471 e. The lowest BCUT2D eigenvalue weighted by molar-refractivity contribution is 0.357. The fourth-order valence-electron chi connectivity index (χ4n) is 2.77.